The normalized spacial score (nSPS) is 15.8. The zero-order valence-electron chi connectivity index (χ0n) is 16.2. The largest absolute Gasteiger partial charge is 0.339 e. The molecule has 1 aromatic rings. The van der Waals surface area contributed by atoms with Crippen LogP contribution in [0.2, 0.25) is 0 Å². The Morgan fingerprint density at radius 1 is 1.00 bits per heavy atom. The second-order valence-corrected chi connectivity index (χ2v) is 7.08. The van der Waals surface area contributed by atoms with E-state index in [4.69, 9.17) is 0 Å². The maximum absolute atomic E-state index is 12.8. The van der Waals surface area contributed by atoms with Gasteiger partial charge in [0.2, 0.25) is 11.9 Å². The Hall–Kier alpha value is -1.98. The van der Waals surface area contributed by atoms with Crippen LogP contribution in [-0.4, -0.2) is 52.7 Å². The molecule has 1 aliphatic heterocycles. The van der Waals surface area contributed by atoms with E-state index in [-0.39, 0.29) is 11.7 Å². The Balaban J connectivity index is 1.79. The predicted molar refractivity (Wildman–Crippen MR) is 103 cm³/mol. The average Bonchev–Trinajstić information content (AvgIpc) is 2.67. The molecule has 1 atom stereocenters. The van der Waals surface area contributed by atoms with Gasteiger partial charge in [0.15, 0.2) is 0 Å². The van der Waals surface area contributed by atoms with E-state index in [0.29, 0.717) is 38.5 Å². The van der Waals surface area contributed by atoms with Gasteiger partial charge in [-0.25, -0.2) is 9.97 Å². The molecule has 0 saturated carbocycles. The Morgan fingerprint density at radius 2 is 1.62 bits per heavy atom. The average molecular weight is 361 g/mol. The summed E-state index contributed by atoms with van der Waals surface area (Å²) in [5.74, 6) is 0.229. The zero-order valence-corrected chi connectivity index (χ0v) is 16.2. The van der Waals surface area contributed by atoms with Crippen molar-refractivity contribution < 1.29 is 9.59 Å². The molecule has 0 unspecified atom stereocenters. The van der Waals surface area contributed by atoms with Crippen LogP contribution in [0.25, 0.3) is 0 Å². The number of ketones is 1. The Kier molecular flexibility index (Phi) is 8.51. The van der Waals surface area contributed by atoms with Gasteiger partial charge in [-0.05, 0) is 19.4 Å². The highest BCUT2D eigenvalue weighted by Crippen LogP contribution is 2.18. The van der Waals surface area contributed by atoms with E-state index in [0.717, 1.165) is 12.8 Å². The molecule has 1 aromatic heterocycles. The van der Waals surface area contributed by atoms with Crippen LogP contribution in [0.4, 0.5) is 5.95 Å². The minimum Gasteiger partial charge on any atom is -0.339 e. The summed E-state index contributed by atoms with van der Waals surface area (Å²) in [4.78, 5) is 37.3. The van der Waals surface area contributed by atoms with Crippen molar-refractivity contribution in [2.75, 3.05) is 31.1 Å². The first-order chi connectivity index (χ1) is 12.6. The molecule has 26 heavy (non-hydrogen) atoms. The summed E-state index contributed by atoms with van der Waals surface area (Å²) in [5.41, 5.74) is 0. The zero-order chi connectivity index (χ0) is 18.8. The minimum absolute atomic E-state index is 0.000289. The van der Waals surface area contributed by atoms with E-state index in [1.165, 1.54) is 25.7 Å². The summed E-state index contributed by atoms with van der Waals surface area (Å²) >= 11 is 0. The van der Waals surface area contributed by atoms with Gasteiger partial charge in [-0.1, -0.05) is 45.4 Å². The fraction of sp³-hybridized carbons (Fsp3) is 0.700. The van der Waals surface area contributed by atoms with Crippen LogP contribution in [0.1, 0.15) is 58.8 Å². The van der Waals surface area contributed by atoms with Gasteiger partial charge in [0.05, 0.1) is 5.92 Å². The van der Waals surface area contributed by atoms with Crippen LogP contribution < -0.4 is 4.90 Å². The molecule has 2 rings (SSSR count). The minimum atomic E-state index is -0.472. The molecule has 1 saturated heterocycles. The van der Waals surface area contributed by atoms with E-state index in [1.54, 1.807) is 25.4 Å². The maximum atomic E-state index is 12.8. The first-order valence-corrected chi connectivity index (χ1v) is 9.94. The van der Waals surface area contributed by atoms with Crippen molar-refractivity contribution in [2.24, 2.45) is 5.92 Å². The highest BCUT2D eigenvalue weighted by molar-refractivity contribution is 6.00. The maximum Gasteiger partial charge on any atom is 0.233 e. The second kappa shape index (κ2) is 10.9. The molecule has 0 N–H and O–H groups in total. The molecule has 2 heterocycles. The summed E-state index contributed by atoms with van der Waals surface area (Å²) in [7, 11) is 0. The molecule has 0 bridgehead atoms. The molecule has 0 spiro atoms. The van der Waals surface area contributed by atoms with Crippen LogP contribution in [0.15, 0.2) is 18.5 Å². The molecule has 0 radical (unpaired) electrons. The van der Waals surface area contributed by atoms with Crippen LogP contribution in [0.3, 0.4) is 0 Å². The first kappa shape index (κ1) is 20.3. The fourth-order valence-electron chi connectivity index (χ4n) is 3.43. The van der Waals surface area contributed by atoms with E-state index >= 15 is 0 Å². The standard InChI is InChI=1S/C20H32N4O2/c1-3-4-5-6-7-8-10-18(17(2)25)19(26)23-13-15-24(16-14-23)20-21-11-9-12-22-20/h9,11-12,18H,3-8,10,13-16H2,1-2H3/t18-/m1/s1. The molecule has 144 valence electrons. The number of amides is 1. The van der Waals surface area contributed by atoms with Gasteiger partial charge in [-0.3, -0.25) is 9.59 Å². The molecule has 1 aliphatic rings. The summed E-state index contributed by atoms with van der Waals surface area (Å²) in [6, 6.07) is 1.79. The lowest BCUT2D eigenvalue weighted by molar-refractivity contribution is -0.141. The topological polar surface area (TPSA) is 66.4 Å². The highest BCUT2D eigenvalue weighted by atomic mass is 16.2. The SMILES string of the molecule is CCCCCCCC[C@H](C(C)=O)C(=O)N1CCN(c2ncccn2)CC1. The lowest BCUT2D eigenvalue weighted by atomic mass is 9.95. The smallest absolute Gasteiger partial charge is 0.233 e. The summed E-state index contributed by atoms with van der Waals surface area (Å²) < 4.78 is 0. The molecule has 0 aliphatic carbocycles. The van der Waals surface area contributed by atoms with Gasteiger partial charge in [0.1, 0.15) is 5.78 Å². The van der Waals surface area contributed by atoms with Crippen LogP contribution in [0.5, 0.6) is 0 Å². The number of piperazine rings is 1. The third-order valence-electron chi connectivity index (χ3n) is 5.06. The van der Waals surface area contributed by atoms with Gasteiger partial charge >= 0.3 is 0 Å². The number of carbonyl (C=O) groups is 2. The molecular weight excluding hydrogens is 328 g/mol. The van der Waals surface area contributed by atoms with Gasteiger partial charge in [-0.2, -0.15) is 0 Å². The lowest BCUT2D eigenvalue weighted by Gasteiger charge is -2.36. The number of unbranched alkanes of at least 4 members (excludes halogenated alkanes) is 5. The fourth-order valence-corrected chi connectivity index (χ4v) is 3.43. The Bertz CT molecular complexity index is 556. The molecule has 1 amide bonds. The van der Waals surface area contributed by atoms with Crippen molar-refractivity contribution in [1.82, 2.24) is 14.9 Å². The number of Topliss-reactive ketones (excluding diaryl/α,β-unsaturated/α-hetero) is 1. The molecule has 0 aromatic carbocycles. The third kappa shape index (κ3) is 6.07. The van der Waals surface area contributed by atoms with Gasteiger partial charge in [-0.15, -0.1) is 0 Å². The molecule has 1 fully saturated rings. The van der Waals surface area contributed by atoms with E-state index < -0.39 is 5.92 Å². The van der Waals surface area contributed by atoms with Crippen molar-refractivity contribution >= 4 is 17.6 Å². The monoisotopic (exact) mass is 360 g/mol. The van der Waals surface area contributed by atoms with Crippen LogP contribution in [-0.2, 0) is 9.59 Å². The number of rotatable bonds is 10. The second-order valence-electron chi connectivity index (χ2n) is 7.08. The summed E-state index contributed by atoms with van der Waals surface area (Å²) in [6.07, 6.45) is 11.1. The summed E-state index contributed by atoms with van der Waals surface area (Å²) in [5, 5.41) is 0. The van der Waals surface area contributed by atoms with E-state index in [9.17, 15) is 9.59 Å². The van der Waals surface area contributed by atoms with Gasteiger partial charge in [0.25, 0.3) is 0 Å². The number of hydrogen-bond acceptors (Lipinski definition) is 5. The molecular formula is C20H32N4O2. The summed E-state index contributed by atoms with van der Waals surface area (Å²) in [6.45, 7) is 6.41. The number of anilines is 1. The number of nitrogens with zero attached hydrogens (tertiary/aromatic N) is 4. The quantitative estimate of drug-likeness (QED) is 0.474. The Morgan fingerprint density at radius 3 is 2.23 bits per heavy atom. The number of carbonyl (C=O) groups excluding carboxylic acids is 2. The molecule has 6 heteroatoms. The van der Waals surface area contributed by atoms with Gasteiger partial charge in [0, 0.05) is 38.6 Å². The van der Waals surface area contributed by atoms with Crippen molar-refractivity contribution in [3.63, 3.8) is 0 Å². The lowest BCUT2D eigenvalue weighted by Crippen LogP contribution is -2.51. The molecule has 6 nitrogen and oxygen atoms in total. The van der Waals surface area contributed by atoms with Crippen molar-refractivity contribution in [1.29, 1.82) is 0 Å². The van der Waals surface area contributed by atoms with E-state index in [1.807, 2.05) is 4.90 Å². The Labute approximate surface area is 157 Å². The van der Waals surface area contributed by atoms with Crippen molar-refractivity contribution in [3.05, 3.63) is 18.5 Å². The third-order valence-corrected chi connectivity index (χ3v) is 5.06. The number of aromatic nitrogens is 2. The van der Waals surface area contributed by atoms with Crippen molar-refractivity contribution in [2.45, 2.75) is 58.8 Å². The van der Waals surface area contributed by atoms with Crippen LogP contribution in [0, 0.1) is 5.92 Å². The van der Waals surface area contributed by atoms with Crippen LogP contribution >= 0.6 is 0 Å². The number of hydrogen-bond donors (Lipinski definition) is 0. The van der Waals surface area contributed by atoms with Gasteiger partial charge < -0.3 is 9.80 Å². The van der Waals surface area contributed by atoms with Crippen molar-refractivity contribution in [3.8, 4) is 0 Å². The van der Waals surface area contributed by atoms with E-state index in [2.05, 4.69) is 21.8 Å². The predicted octanol–water partition coefficient (Wildman–Crippen LogP) is 3.08. The highest BCUT2D eigenvalue weighted by Gasteiger charge is 2.30. The first-order valence-electron chi connectivity index (χ1n) is 9.94.